The number of nitrogen functional groups attached to an aromatic ring is 1. The topological polar surface area (TPSA) is 129 Å². The van der Waals surface area contributed by atoms with E-state index in [0.717, 1.165) is 0 Å². The van der Waals surface area contributed by atoms with E-state index in [9.17, 15) is 0 Å². The molecule has 4 rings (SSSR count). The van der Waals surface area contributed by atoms with Crippen molar-refractivity contribution >= 4 is 34.3 Å². The molecular formula is C16H13N11S. The van der Waals surface area contributed by atoms with Crippen LogP contribution in [-0.2, 0) is 0 Å². The van der Waals surface area contributed by atoms with Crippen molar-refractivity contribution in [3.8, 4) is 11.1 Å². The number of anilines is 1. The second kappa shape index (κ2) is 6.97. The lowest BCUT2D eigenvalue weighted by Gasteiger charge is -2.00. The summed E-state index contributed by atoms with van der Waals surface area (Å²) in [7, 11) is 0. The lowest BCUT2D eigenvalue weighted by Crippen LogP contribution is -2.05. The zero-order valence-corrected chi connectivity index (χ0v) is 15.7. The van der Waals surface area contributed by atoms with Crippen LogP contribution >= 0.6 is 11.3 Å². The first-order chi connectivity index (χ1) is 13.6. The average molecular weight is 391 g/mol. The van der Waals surface area contributed by atoms with Crippen molar-refractivity contribution in [3.05, 3.63) is 52.8 Å². The summed E-state index contributed by atoms with van der Waals surface area (Å²) in [6.07, 6.45) is 4.84. The third kappa shape index (κ3) is 2.89. The molecule has 0 aromatic carbocycles. The molecule has 2 N–H and O–H groups in total. The number of thiazole rings is 1. The maximum atomic E-state index is 7.44. The molecule has 0 unspecified atom stereocenters. The fraction of sp³-hybridized carbons (Fsp3) is 0.125. The van der Waals surface area contributed by atoms with Crippen LogP contribution in [0, 0.1) is 20.4 Å². The molecule has 0 bridgehead atoms. The molecular weight excluding hydrogens is 378 g/mol. The smallest absolute Gasteiger partial charge is 0.255 e. The van der Waals surface area contributed by atoms with Gasteiger partial charge in [0, 0.05) is 24.0 Å². The normalized spacial score (nSPS) is 11.2. The van der Waals surface area contributed by atoms with Crippen LogP contribution in [-0.4, -0.2) is 34.5 Å². The summed E-state index contributed by atoms with van der Waals surface area (Å²) < 4.78 is 2.88. The van der Waals surface area contributed by atoms with Gasteiger partial charge in [0.2, 0.25) is 5.13 Å². The standard InChI is InChI=1S/C16H13N11S/c1-9-11(13(17)26(24-9)15-19-5-4-6-20-15)22-23-14-12(18-3)10(2)25-27(14)16-21-7-8-28-16/h4-8H,17H2,1-2H3/b23-22+. The summed E-state index contributed by atoms with van der Waals surface area (Å²) in [5.41, 5.74) is 7.94. The number of rotatable bonds is 4. The molecule has 138 valence electrons. The van der Waals surface area contributed by atoms with Gasteiger partial charge >= 0.3 is 0 Å². The summed E-state index contributed by atoms with van der Waals surface area (Å²) in [6.45, 7) is 10.9. The van der Waals surface area contributed by atoms with E-state index in [2.05, 4.69) is 40.2 Å². The molecule has 28 heavy (non-hydrogen) atoms. The molecule has 0 saturated heterocycles. The quantitative estimate of drug-likeness (QED) is 0.419. The zero-order chi connectivity index (χ0) is 19.7. The molecule has 0 aliphatic carbocycles. The summed E-state index contributed by atoms with van der Waals surface area (Å²) in [5, 5.41) is 19.6. The van der Waals surface area contributed by atoms with Gasteiger partial charge in [-0.3, -0.25) is 0 Å². The van der Waals surface area contributed by atoms with Crippen LogP contribution in [0.15, 0.2) is 40.3 Å². The SMILES string of the molecule is [C-]#[N+]c1c(C)nn(-c2nccs2)c1/N=N/c1c(C)nn(-c2ncccn2)c1N. The highest BCUT2D eigenvalue weighted by atomic mass is 32.1. The summed E-state index contributed by atoms with van der Waals surface area (Å²) in [4.78, 5) is 16.0. The van der Waals surface area contributed by atoms with Gasteiger partial charge in [0.1, 0.15) is 0 Å². The van der Waals surface area contributed by atoms with Gasteiger partial charge in [0.05, 0.1) is 18.0 Å². The highest BCUT2D eigenvalue weighted by Crippen LogP contribution is 2.37. The molecule has 11 nitrogen and oxygen atoms in total. The molecule has 0 fully saturated rings. The third-order valence-corrected chi connectivity index (χ3v) is 4.51. The Morgan fingerprint density at radius 2 is 1.79 bits per heavy atom. The Labute approximate surface area is 163 Å². The lowest BCUT2D eigenvalue weighted by atomic mass is 10.4. The summed E-state index contributed by atoms with van der Waals surface area (Å²) in [6, 6.07) is 1.70. The van der Waals surface area contributed by atoms with E-state index in [1.54, 1.807) is 38.5 Å². The highest BCUT2D eigenvalue weighted by Gasteiger charge is 2.20. The van der Waals surface area contributed by atoms with Crippen LogP contribution in [0.5, 0.6) is 0 Å². The Morgan fingerprint density at radius 3 is 2.46 bits per heavy atom. The van der Waals surface area contributed by atoms with Crippen LogP contribution in [0.1, 0.15) is 11.4 Å². The van der Waals surface area contributed by atoms with E-state index in [1.807, 2.05) is 5.38 Å². The number of nitrogens with zero attached hydrogens (tertiary/aromatic N) is 10. The van der Waals surface area contributed by atoms with Crippen LogP contribution in [0.4, 0.5) is 23.0 Å². The van der Waals surface area contributed by atoms with E-state index in [1.165, 1.54) is 20.7 Å². The predicted octanol–water partition coefficient (Wildman–Crippen LogP) is 3.47. The van der Waals surface area contributed by atoms with Gasteiger partial charge in [-0.05, 0) is 19.9 Å². The maximum absolute atomic E-state index is 7.44. The molecule has 4 aromatic rings. The number of aryl methyl sites for hydroxylation is 2. The molecule has 0 aliphatic rings. The van der Waals surface area contributed by atoms with E-state index < -0.39 is 0 Å². The average Bonchev–Trinajstić information content (AvgIpc) is 3.40. The number of aromatic nitrogens is 7. The fourth-order valence-corrected chi connectivity index (χ4v) is 3.08. The molecule has 0 aliphatic heterocycles. The summed E-state index contributed by atoms with van der Waals surface area (Å²) >= 11 is 1.38. The molecule has 4 aromatic heterocycles. The van der Waals surface area contributed by atoms with Crippen LogP contribution < -0.4 is 5.73 Å². The second-order valence-corrected chi connectivity index (χ2v) is 6.45. The van der Waals surface area contributed by atoms with Gasteiger partial charge in [-0.1, -0.05) is 0 Å². The van der Waals surface area contributed by atoms with Crippen molar-refractivity contribution in [2.24, 2.45) is 10.2 Å². The minimum Gasteiger partial charge on any atom is -0.382 e. The Kier molecular flexibility index (Phi) is 4.34. The predicted molar refractivity (Wildman–Crippen MR) is 103 cm³/mol. The largest absolute Gasteiger partial charge is 0.382 e. The van der Waals surface area contributed by atoms with Gasteiger partial charge in [0.15, 0.2) is 17.3 Å². The molecule has 0 atom stereocenters. The fourth-order valence-electron chi connectivity index (χ4n) is 2.49. The Bertz CT molecular complexity index is 1200. The second-order valence-electron chi connectivity index (χ2n) is 5.58. The Hall–Kier alpha value is -3.98. The van der Waals surface area contributed by atoms with Crippen molar-refractivity contribution in [1.82, 2.24) is 34.5 Å². The van der Waals surface area contributed by atoms with E-state index in [-0.39, 0.29) is 11.6 Å². The first-order valence-corrected chi connectivity index (χ1v) is 8.89. The van der Waals surface area contributed by atoms with Crippen molar-refractivity contribution in [2.75, 3.05) is 5.73 Å². The molecule has 4 heterocycles. The molecule has 0 amide bonds. The van der Waals surface area contributed by atoms with Crippen LogP contribution in [0.25, 0.3) is 15.9 Å². The first-order valence-electron chi connectivity index (χ1n) is 8.01. The van der Waals surface area contributed by atoms with E-state index >= 15 is 0 Å². The number of hydrogen-bond acceptors (Lipinski definition) is 9. The highest BCUT2D eigenvalue weighted by molar-refractivity contribution is 7.12. The summed E-state index contributed by atoms with van der Waals surface area (Å²) in [5.74, 6) is 0.855. The Balaban J connectivity index is 1.79. The minimum absolute atomic E-state index is 0.244. The van der Waals surface area contributed by atoms with Crippen molar-refractivity contribution in [1.29, 1.82) is 0 Å². The van der Waals surface area contributed by atoms with Crippen molar-refractivity contribution in [2.45, 2.75) is 13.8 Å². The van der Waals surface area contributed by atoms with E-state index in [0.29, 0.717) is 33.8 Å². The van der Waals surface area contributed by atoms with Crippen molar-refractivity contribution < 1.29 is 0 Å². The van der Waals surface area contributed by atoms with Crippen molar-refractivity contribution in [3.63, 3.8) is 0 Å². The molecule has 12 heteroatoms. The number of azo groups is 1. The zero-order valence-electron chi connectivity index (χ0n) is 14.8. The Morgan fingerprint density at radius 1 is 1.04 bits per heavy atom. The molecule has 0 radical (unpaired) electrons. The van der Waals surface area contributed by atoms with Gasteiger partial charge < -0.3 is 5.73 Å². The first kappa shape index (κ1) is 17.4. The number of hydrogen-bond donors (Lipinski definition) is 1. The number of nitrogens with two attached hydrogens (primary N) is 1. The van der Waals surface area contributed by atoms with Crippen LogP contribution in [0.3, 0.4) is 0 Å². The van der Waals surface area contributed by atoms with Gasteiger partial charge in [0.25, 0.3) is 11.6 Å². The van der Waals surface area contributed by atoms with Gasteiger partial charge in [-0.2, -0.15) is 19.6 Å². The lowest BCUT2D eigenvalue weighted by molar-refractivity contribution is 0.805. The minimum atomic E-state index is 0.244. The monoisotopic (exact) mass is 391 g/mol. The maximum Gasteiger partial charge on any atom is 0.255 e. The molecule has 0 spiro atoms. The van der Waals surface area contributed by atoms with Crippen LogP contribution in [0.2, 0.25) is 0 Å². The third-order valence-electron chi connectivity index (χ3n) is 3.77. The molecule has 0 saturated carbocycles. The van der Waals surface area contributed by atoms with E-state index in [4.69, 9.17) is 12.3 Å². The van der Waals surface area contributed by atoms with Gasteiger partial charge in [-0.25, -0.2) is 19.8 Å². The van der Waals surface area contributed by atoms with Gasteiger partial charge in [-0.15, -0.1) is 21.6 Å².